The molecule has 0 saturated heterocycles. The smallest absolute Gasteiger partial charge is 0.336 e. The number of nitrogens with zero attached hydrogens (tertiary/aromatic N) is 1. The zero-order valence-electron chi connectivity index (χ0n) is 8.18. The number of nitrogens with two attached hydrogens (primary N) is 1. The Hall–Kier alpha value is -1.88. The lowest BCUT2D eigenvalue weighted by Gasteiger charge is -2.00. The molecule has 0 bridgehead atoms. The van der Waals surface area contributed by atoms with Crippen molar-refractivity contribution in [1.82, 2.24) is 4.98 Å². The number of primary amides is 1. The molecule has 0 aliphatic carbocycles. The van der Waals surface area contributed by atoms with Gasteiger partial charge < -0.3 is 10.8 Å². The fourth-order valence-corrected chi connectivity index (χ4v) is 1.22. The normalized spacial score (nSPS) is 10.6. The lowest BCUT2D eigenvalue weighted by Crippen LogP contribution is -2.08. The van der Waals surface area contributed by atoms with Crippen molar-refractivity contribution < 1.29 is 14.7 Å². The van der Waals surface area contributed by atoms with Gasteiger partial charge in [0.2, 0.25) is 5.91 Å². The van der Waals surface area contributed by atoms with E-state index in [1.165, 1.54) is 24.4 Å². The van der Waals surface area contributed by atoms with Crippen molar-refractivity contribution in [2.24, 2.45) is 5.73 Å². The van der Waals surface area contributed by atoms with E-state index in [1.54, 1.807) is 0 Å². The Morgan fingerprint density at radius 3 is 2.81 bits per heavy atom. The Bertz CT molecular complexity index is 457. The third-order valence-electron chi connectivity index (χ3n) is 1.75. The first-order valence-corrected chi connectivity index (χ1v) is 4.72. The van der Waals surface area contributed by atoms with Crippen LogP contribution in [0.4, 0.5) is 0 Å². The molecule has 5 nitrogen and oxygen atoms in total. The second-order valence-electron chi connectivity index (χ2n) is 2.97. The SMILES string of the molecule is NC(=O)CC=Cc1cnc(Cl)cc1C(=O)O. The fraction of sp³-hybridized carbons (Fsp3) is 0.100. The van der Waals surface area contributed by atoms with Gasteiger partial charge in [-0.25, -0.2) is 9.78 Å². The number of carbonyl (C=O) groups is 2. The maximum Gasteiger partial charge on any atom is 0.336 e. The molecule has 0 aliphatic heterocycles. The van der Waals surface area contributed by atoms with Gasteiger partial charge in [0.1, 0.15) is 5.15 Å². The van der Waals surface area contributed by atoms with Crippen LogP contribution in [0.2, 0.25) is 5.15 Å². The van der Waals surface area contributed by atoms with Gasteiger partial charge in [-0.1, -0.05) is 23.8 Å². The van der Waals surface area contributed by atoms with Gasteiger partial charge in [-0.2, -0.15) is 0 Å². The summed E-state index contributed by atoms with van der Waals surface area (Å²) in [5.41, 5.74) is 5.34. The standard InChI is InChI=1S/C10H9ClN2O3/c11-8-4-7(10(15)16)6(5-13-8)2-1-3-9(12)14/h1-2,4-5H,3H2,(H2,12,14)(H,15,16). The number of amides is 1. The third-order valence-corrected chi connectivity index (χ3v) is 1.95. The molecule has 3 N–H and O–H groups in total. The molecule has 1 rings (SSSR count). The van der Waals surface area contributed by atoms with Gasteiger partial charge in [-0.15, -0.1) is 0 Å². The molecule has 84 valence electrons. The number of aromatic carboxylic acids is 1. The molecule has 0 spiro atoms. The molecule has 6 heteroatoms. The maximum absolute atomic E-state index is 10.9. The number of hydrogen-bond acceptors (Lipinski definition) is 3. The first-order valence-electron chi connectivity index (χ1n) is 4.34. The van der Waals surface area contributed by atoms with Crippen molar-refractivity contribution in [2.75, 3.05) is 0 Å². The van der Waals surface area contributed by atoms with Crippen molar-refractivity contribution in [1.29, 1.82) is 0 Å². The van der Waals surface area contributed by atoms with Crippen molar-refractivity contribution in [3.05, 3.63) is 34.6 Å². The van der Waals surface area contributed by atoms with Crippen LogP contribution in [0.25, 0.3) is 6.08 Å². The topological polar surface area (TPSA) is 93.3 Å². The summed E-state index contributed by atoms with van der Waals surface area (Å²) < 4.78 is 0. The molecule has 0 unspecified atom stereocenters. The Morgan fingerprint density at radius 2 is 2.25 bits per heavy atom. The van der Waals surface area contributed by atoms with Crippen LogP contribution >= 0.6 is 11.6 Å². The van der Waals surface area contributed by atoms with Gasteiger partial charge in [-0.3, -0.25) is 4.79 Å². The number of carboxylic acid groups (broad SMARTS) is 1. The molecule has 16 heavy (non-hydrogen) atoms. The van der Waals surface area contributed by atoms with Crippen LogP contribution in [0.15, 0.2) is 18.3 Å². The van der Waals surface area contributed by atoms with Crippen LogP contribution in [0, 0.1) is 0 Å². The van der Waals surface area contributed by atoms with Crippen molar-refractivity contribution in [3.8, 4) is 0 Å². The van der Waals surface area contributed by atoms with Crippen LogP contribution in [-0.4, -0.2) is 22.0 Å². The summed E-state index contributed by atoms with van der Waals surface area (Å²) in [5, 5.41) is 8.99. The lowest BCUT2D eigenvalue weighted by atomic mass is 10.1. The van der Waals surface area contributed by atoms with Crippen molar-refractivity contribution in [3.63, 3.8) is 0 Å². The Morgan fingerprint density at radius 1 is 1.56 bits per heavy atom. The molecule has 0 saturated carbocycles. The van der Waals surface area contributed by atoms with Gasteiger partial charge in [0.05, 0.1) is 5.56 Å². The summed E-state index contributed by atoms with van der Waals surface area (Å²) in [7, 11) is 0. The van der Waals surface area contributed by atoms with E-state index in [-0.39, 0.29) is 17.1 Å². The minimum atomic E-state index is -1.11. The monoisotopic (exact) mass is 240 g/mol. The highest BCUT2D eigenvalue weighted by Gasteiger charge is 2.09. The van der Waals surface area contributed by atoms with Gasteiger partial charge in [-0.05, 0) is 6.07 Å². The van der Waals surface area contributed by atoms with E-state index in [2.05, 4.69) is 4.98 Å². The van der Waals surface area contributed by atoms with E-state index in [0.717, 1.165) is 0 Å². The van der Waals surface area contributed by atoms with Crippen molar-refractivity contribution in [2.45, 2.75) is 6.42 Å². The molecule has 0 aliphatic rings. The van der Waals surface area contributed by atoms with Crippen LogP contribution in [-0.2, 0) is 4.79 Å². The summed E-state index contributed by atoms with van der Waals surface area (Å²) in [6.07, 6.45) is 4.31. The molecule has 0 atom stereocenters. The van der Waals surface area contributed by atoms with Crippen LogP contribution in [0.3, 0.4) is 0 Å². The van der Waals surface area contributed by atoms with E-state index in [0.29, 0.717) is 5.56 Å². The molecule has 1 amide bonds. The lowest BCUT2D eigenvalue weighted by molar-refractivity contribution is -0.117. The maximum atomic E-state index is 10.9. The third kappa shape index (κ3) is 3.36. The molecular weight excluding hydrogens is 232 g/mol. The predicted octanol–water partition coefficient (Wildman–Crippen LogP) is 1.32. The van der Waals surface area contributed by atoms with E-state index >= 15 is 0 Å². The van der Waals surface area contributed by atoms with Gasteiger partial charge >= 0.3 is 5.97 Å². The number of carboxylic acids is 1. The Kier molecular flexibility index (Phi) is 4.02. The van der Waals surface area contributed by atoms with Gasteiger partial charge in [0, 0.05) is 18.2 Å². The molecular formula is C10H9ClN2O3. The average molecular weight is 241 g/mol. The summed E-state index contributed by atoms with van der Waals surface area (Å²) in [4.78, 5) is 25.1. The molecule has 0 aromatic carbocycles. The number of aromatic nitrogens is 1. The van der Waals surface area contributed by atoms with Crippen LogP contribution < -0.4 is 5.73 Å². The Labute approximate surface area is 96.5 Å². The Balaban J connectivity index is 2.99. The van der Waals surface area contributed by atoms with Crippen molar-refractivity contribution >= 4 is 29.6 Å². The van der Waals surface area contributed by atoms with E-state index in [9.17, 15) is 9.59 Å². The summed E-state index contributed by atoms with van der Waals surface area (Å²) >= 11 is 5.57. The molecule has 0 fully saturated rings. The molecule has 1 aromatic heterocycles. The summed E-state index contributed by atoms with van der Waals surface area (Å²) in [6, 6.07) is 1.24. The predicted molar refractivity (Wildman–Crippen MR) is 59.1 cm³/mol. The molecule has 1 aromatic rings. The molecule has 0 radical (unpaired) electrons. The van der Waals surface area contributed by atoms with Crippen LogP contribution in [0.5, 0.6) is 0 Å². The summed E-state index contributed by atoms with van der Waals surface area (Å²) in [6.45, 7) is 0. The molecule has 1 heterocycles. The van der Waals surface area contributed by atoms with Gasteiger partial charge in [0.15, 0.2) is 0 Å². The largest absolute Gasteiger partial charge is 0.478 e. The second-order valence-corrected chi connectivity index (χ2v) is 3.36. The highest BCUT2D eigenvalue weighted by molar-refractivity contribution is 6.29. The minimum Gasteiger partial charge on any atom is -0.478 e. The van der Waals surface area contributed by atoms with E-state index < -0.39 is 11.9 Å². The number of halogens is 1. The number of rotatable bonds is 4. The number of hydrogen-bond donors (Lipinski definition) is 2. The quantitative estimate of drug-likeness (QED) is 0.776. The average Bonchev–Trinajstić information content (AvgIpc) is 2.19. The number of carbonyl (C=O) groups excluding carboxylic acids is 1. The highest BCUT2D eigenvalue weighted by Crippen LogP contribution is 2.14. The summed E-state index contributed by atoms with van der Waals surface area (Å²) in [5.74, 6) is -1.60. The fourth-order valence-electron chi connectivity index (χ4n) is 1.06. The van der Waals surface area contributed by atoms with Gasteiger partial charge in [0.25, 0.3) is 0 Å². The first kappa shape index (κ1) is 12.2. The van der Waals surface area contributed by atoms with E-state index in [1.807, 2.05) is 0 Å². The number of pyridine rings is 1. The first-order chi connectivity index (χ1) is 7.50. The minimum absolute atomic E-state index is 0.0284. The van der Waals surface area contributed by atoms with E-state index in [4.69, 9.17) is 22.4 Å². The zero-order chi connectivity index (χ0) is 12.1. The zero-order valence-corrected chi connectivity index (χ0v) is 8.94. The van der Waals surface area contributed by atoms with Crippen LogP contribution in [0.1, 0.15) is 22.3 Å². The highest BCUT2D eigenvalue weighted by atomic mass is 35.5. The second kappa shape index (κ2) is 5.27.